The van der Waals surface area contributed by atoms with Gasteiger partial charge >= 0.3 is 0 Å². The van der Waals surface area contributed by atoms with E-state index in [4.69, 9.17) is 4.74 Å². The van der Waals surface area contributed by atoms with E-state index in [1.165, 1.54) is 22.2 Å². The van der Waals surface area contributed by atoms with Gasteiger partial charge in [-0.25, -0.2) is 4.98 Å². The van der Waals surface area contributed by atoms with Crippen LogP contribution < -0.4 is 15.6 Å². The fraction of sp³-hybridized carbons (Fsp3) is 0.391. The first-order valence-corrected chi connectivity index (χ1v) is 11.6. The maximum Gasteiger partial charge on any atom is 0.266 e. The number of fused-ring (bicyclic) bond motifs is 1. The van der Waals surface area contributed by atoms with E-state index in [0.717, 1.165) is 32.4 Å². The van der Waals surface area contributed by atoms with E-state index < -0.39 is 0 Å². The van der Waals surface area contributed by atoms with Crippen LogP contribution >= 0.6 is 11.3 Å². The van der Waals surface area contributed by atoms with Crippen molar-refractivity contribution in [2.45, 2.75) is 39.7 Å². The average Bonchev–Trinajstić information content (AvgIpc) is 3.15. The maximum absolute atomic E-state index is 13.1. The van der Waals surface area contributed by atoms with Crippen molar-refractivity contribution in [1.29, 1.82) is 0 Å². The molecule has 168 valence electrons. The Kier molecular flexibility index (Phi) is 6.55. The molecular formula is C23H26N4O4S. The standard InChI is InChI=1S/C23H26N4O4S/c1-3-31-17-10-6-5-9-16(17)25-21(29)20-15(2)19-22(32-20)24-14-27(23(19)30)13-18(28)26-11-7-4-8-12-26/h5-6,9-10,14H,3-4,7-8,11-13H2,1-2H3,(H,25,29). The van der Waals surface area contributed by atoms with Gasteiger partial charge in [-0.1, -0.05) is 12.1 Å². The van der Waals surface area contributed by atoms with Crippen LogP contribution in [0.1, 0.15) is 41.4 Å². The molecule has 0 spiro atoms. The highest BCUT2D eigenvalue weighted by molar-refractivity contribution is 7.20. The monoisotopic (exact) mass is 454 g/mol. The van der Waals surface area contributed by atoms with Gasteiger partial charge in [0, 0.05) is 13.1 Å². The number of rotatable bonds is 6. The average molecular weight is 455 g/mol. The van der Waals surface area contributed by atoms with Crippen molar-refractivity contribution in [3.8, 4) is 5.75 Å². The number of piperidine rings is 1. The van der Waals surface area contributed by atoms with Gasteiger partial charge in [-0.3, -0.25) is 19.0 Å². The smallest absolute Gasteiger partial charge is 0.266 e. The molecule has 1 fully saturated rings. The van der Waals surface area contributed by atoms with Crippen molar-refractivity contribution in [3.05, 3.63) is 51.4 Å². The van der Waals surface area contributed by atoms with Gasteiger partial charge in [-0.2, -0.15) is 0 Å². The molecule has 0 unspecified atom stereocenters. The van der Waals surface area contributed by atoms with Gasteiger partial charge in [0.2, 0.25) is 5.91 Å². The zero-order valence-corrected chi connectivity index (χ0v) is 19.0. The van der Waals surface area contributed by atoms with E-state index in [1.54, 1.807) is 24.0 Å². The van der Waals surface area contributed by atoms with Crippen LogP contribution in [0.5, 0.6) is 5.75 Å². The lowest BCUT2D eigenvalue weighted by Crippen LogP contribution is -2.39. The Hall–Kier alpha value is -3.20. The predicted octanol–water partition coefficient (Wildman–Crippen LogP) is 3.43. The highest BCUT2D eigenvalue weighted by Crippen LogP contribution is 2.29. The number of likely N-dealkylation sites (tertiary alicyclic amines) is 1. The minimum absolute atomic E-state index is 0.0413. The van der Waals surface area contributed by atoms with Gasteiger partial charge in [0.25, 0.3) is 11.5 Å². The van der Waals surface area contributed by atoms with Crippen LogP contribution in [0, 0.1) is 6.92 Å². The van der Waals surface area contributed by atoms with E-state index in [9.17, 15) is 14.4 Å². The fourth-order valence-electron chi connectivity index (χ4n) is 3.91. The van der Waals surface area contributed by atoms with Gasteiger partial charge in [-0.15, -0.1) is 11.3 Å². The number of aromatic nitrogens is 2. The molecule has 1 N–H and O–H groups in total. The first-order valence-electron chi connectivity index (χ1n) is 10.8. The summed E-state index contributed by atoms with van der Waals surface area (Å²) in [6, 6.07) is 7.21. The highest BCUT2D eigenvalue weighted by Gasteiger charge is 2.22. The minimum Gasteiger partial charge on any atom is -0.492 e. The lowest BCUT2D eigenvalue weighted by Gasteiger charge is -2.26. The van der Waals surface area contributed by atoms with Crippen LogP contribution in [0.4, 0.5) is 5.69 Å². The summed E-state index contributed by atoms with van der Waals surface area (Å²) in [7, 11) is 0. The molecule has 1 saturated heterocycles. The molecule has 1 aliphatic heterocycles. The summed E-state index contributed by atoms with van der Waals surface area (Å²) in [6.07, 6.45) is 4.51. The number of nitrogens with zero attached hydrogens (tertiary/aromatic N) is 3. The summed E-state index contributed by atoms with van der Waals surface area (Å²) in [5, 5.41) is 3.25. The number of anilines is 1. The molecule has 0 radical (unpaired) electrons. The van der Waals surface area contributed by atoms with E-state index in [2.05, 4.69) is 10.3 Å². The molecule has 32 heavy (non-hydrogen) atoms. The van der Waals surface area contributed by atoms with Crippen LogP contribution in [0.15, 0.2) is 35.4 Å². The maximum atomic E-state index is 13.1. The molecule has 1 aromatic carbocycles. The van der Waals surface area contributed by atoms with Crippen LogP contribution in [-0.2, 0) is 11.3 Å². The minimum atomic E-state index is -0.326. The molecular weight excluding hydrogens is 428 g/mol. The Morgan fingerprint density at radius 1 is 1.19 bits per heavy atom. The topological polar surface area (TPSA) is 93.5 Å². The zero-order chi connectivity index (χ0) is 22.7. The molecule has 0 atom stereocenters. The molecule has 1 aliphatic rings. The number of para-hydroxylation sites is 2. The Labute approximate surface area is 189 Å². The molecule has 2 aromatic heterocycles. The van der Waals surface area contributed by atoms with E-state index in [1.807, 2.05) is 19.1 Å². The number of carbonyl (C=O) groups is 2. The van der Waals surface area contributed by atoms with Crippen molar-refractivity contribution in [3.63, 3.8) is 0 Å². The van der Waals surface area contributed by atoms with Crippen molar-refractivity contribution >= 4 is 39.1 Å². The molecule has 0 bridgehead atoms. The molecule has 8 nitrogen and oxygen atoms in total. The second kappa shape index (κ2) is 9.52. The molecule has 3 heterocycles. The number of hydrogen-bond donors (Lipinski definition) is 1. The normalized spacial score (nSPS) is 13.9. The zero-order valence-electron chi connectivity index (χ0n) is 18.2. The third-order valence-corrected chi connectivity index (χ3v) is 6.77. The number of carbonyl (C=O) groups excluding carboxylic acids is 2. The molecule has 0 saturated carbocycles. The first kappa shape index (κ1) is 22.0. The summed E-state index contributed by atoms with van der Waals surface area (Å²) in [4.78, 5) is 45.8. The number of ether oxygens (including phenoxy) is 1. The largest absolute Gasteiger partial charge is 0.492 e. The van der Waals surface area contributed by atoms with Gasteiger partial charge in [0.05, 0.1) is 28.9 Å². The number of thiophene rings is 1. The second-order valence-electron chi connectivity index (χ2n) is 7.74. The first-order chi connectivity index (χ1) is 15.5. The number of benzene rings is 1. The highest BCUT2D eigenvalue weighted by atomic mass is 32.1. The van der Waals surface area contributed by atoms with Crippen LogP contribution in [0.25, 0.3) is 10.2 Å². The SMILES string of the molecule is CCOc1ccccc1NC(=O)c1sc2ncn(CC(=O)N3CCCCC3)c(=O)c2c1C. The van der Waals surface area contributed by atoms with Crippen molar-refractivity contribution in [2.75, 3.05) is 25.0 Å². The number of aryl methyl sites for hydroxylation is 1. The molecule has 4 rings (SSSR count). The Morgan fingerprint density at radius 3 is 2.69 bits per heavy atom. The predicted molar refractivity (Wildman–Crippen MR) is 125 cm³/mol. The van der Waals surface area contributed by atoms with Crippen molar-refractivity contribution in [2.24, 2.45) is 0 Å². The third kappa shape index (κ3) is 4.38. The summed E-state index contributed by atoms with van der Waals surface area (Å²) in [5.74, 6) is 0.179. The van der Waals surface area contributed by atoms with Crippen LogP contribution in [0.3, 0.4) is 0 Å². The Balaban J connectivity index is 1.60. The van der Waals surface area contributed by atoms with Gasteiger partial charge < -0.3 is 15.0 Å². The Morgan fingerprint density at radius 2 is 1.94 bits per heavy atom. The Bertz CT molecular complexity index is 1210. The summed E-state index contributed by atoms with van der Waals surface area (Å²) >= 11 is 1.17. The number of nitrogens with one attached hydrogen (secondary N) is 1. The van der Waals surface area contributed by atoms with Crippen molar-refractivity contribution < 1.29 is 14.3 Å². The third-order valence-electron chi connectivity index (χ3n) is 5.57. The van der Waals surface area contributed by atoms with Gasteiger partial charge in [0.1, 0.15) is 17.1 Å². The lowest BCUT2D eigenvalue weighted by molar-refractivity contribution is -0.132. The summed E-state index contributed by atoms with van der Waals surface area (Å²) < 4.78 is 6.91. The molecule has 3 aromatic rings. The number of hydrogen-bond acceptors (Lipinski definition) is 6. The quantitative estimate of drug-likeness (QED) is 0.616. The molecule has 2 amide bonds. The van der Waals surface area contributed by atoms with Crippen LogP contribution in [-0.4, -0.2) is 46.0 Å². The molecule has 0 aliphatic carbocycles. The van der Waals surface area contributed by atoms with Gasteiger partial charge in [-0.05, 0) is 50.8 Å². The van der Waals surface area contributed by atoms with E-state index >= 15 is 0 Å². The fourth-order valence-corrected chi connectivity index (χ4v) is 4.94. The lowest BCUT2D eigenvalue weighted by atomic mass is 10.1. The van der Waals surface area contributed by atoms with E-state index in [0.29, 0.717) is 38.7 Å². The summed E-state index contributed by atoms with van der Waals surface area (Å²) in [6.45, 7) is 5.51. The van der Waals surface area contributed by atoms with Crippen molar-refractivity contribution in [1.82, 2.24) is 14.5 Å². The van der Waals surface area contributed by atoms with Gasteiger partial charge in [0.15, 0.2) is 0 Å². The number of amides is 2. The van der Waals surface area contributed by atoms with E-state index in [-0.39, 0.29) is 23.9 Å². The summed E-state index contributed by atoms with van der Waals surface area (Å²) in [5.41, 5.74) is 0.824. The van der Waals surface area contributed by atoms with Crippen LogP contribution in [0.2, 0.25) is 0 Å². The second-order valence-corrected chi connectivity index (χ2v) is 8.74. The molecule has 9 heteroatoms.